The molecule has 0 unspecified atom stereocenters. The minimum absolute atomic E-state index is 0.283. The van der Waals surface area contributed by atoms with Crippen molar-refractivity contribution in [1.29, 1.82) is 0 Å². The number of benzene rings is 12. The Hall–Kier alpha value is -9.56. The van der Waals surface area contributed by atoms with Gasteiger partial charge < -0.3 is 4.90 Å². The molecule has 16 rings (SSSR count). The van der Waals surface area contributed by atoms with E-state index in [-0.39, 0.29) is 5.41 Å². The van der Waals surface area contributed by atoms with Gasteiger partial charge in [-0.05, 0) is 153 Å². The van der Waals surface area contributed by atoms with Gasteiger partial charge in [-0.15, -0.1) is 0 Å². The van der Waals surface area contributed by atoms with E-state index in [9.17, 15) is 0 Å². The monoisotopic (exact) mass is 991 g/mol. The number of hydrogen-bond acceptors (Lipinski definition) is 1. The molecule has 0 atom stereocenters. The van der Waals surface area contributed by atoms with Crippen LogP contribution in [0.2, 0.25) is 0 Å². The summed E-state index contributed by atoms with van der Waals surface area (Å²) >= 11 is 0. The van der Waals surface area contributed by atoms with Crippen LogP contribution in [0, 0.1) is 0 Å². The second-order valence-corrected chi connectivity index (χ2v) is 22.2. The van der Waals surface area contributed by atoms with Gasteiger partial charge in [-0.3, -0.25) is 0 Å². The molecule has 0 amide bonds. The molecule has 1 nitrogen and oxygen atoms in total. The Morgan fingerprint density at radius 3 is 1.18 bits per heavy atom. The van der Waals surface area contributed by atoms with Crippen molar-refractivity contribution in [2.45, 2.75) is 30.1 Å². The second kappa shape index (κ2) is 16.7. The van der Waals surface area contributed by atoms with Gasteiger partial charge in [-0.25, -0.2) is 0 Å². The number of fused-ring (bicyclic) bond motifs is 16. The van der Waals surface area contributed by atoms with Gasteiger partial charge in [0.05, 0.1) is 16.5 Å². The smallest absolute Gasteiger partial charge is 0.0726 e. The molecular formula is C77H53N. The van der Waals surface area contributed by atoms with Gasteiger partial charge in [0.1, 0.15) is 0 Å². The maximum absolute atomic E-state index is 2.60. The summed E-state index contributed by atoms with van der Waals surface area (Å²) in [7, 11) is 0. The molecule has 0 saturated carbocycles. The summed E-state index contributed by atoms with van der Waals surface area (Å²) in [6.45, 7) is 4.84. The first kappa shape index (κ1) is 44.7. The maximum atomic E-state index is 2.60. The zero-order valence-corrected chi connectivity index (χ0v) is 43.6. The highest BCUT2D eigenvalue weighted by Crippen LogP contribution is 2.65. The van der Waals surface area contributed by atoms with Crippen molar-refractivity contribution in [1.82, 2.24) is 0 Å². The third-order valence-corrected chi connectivity index (χ3v) is 18.2. The van der Waals surface area contributed by atoms with E-state index < -0.39 is 10.8 Å². The number of hydrogen-bond donors (Lipinski definition) is 0. The molecule has 0 heterocycles. The van der Waals surface area contributed by atoms with E-state index in [1.807, 2.05) is 0 Å². The van der Waals surface area contributed by atoms with Crippen LogP contribution in [0.1, 0.15) is 69.5 Å². The second-order valence-electron chi connectivity index (χ2n) is 22.2. The van der Waals surface area contributed by atoms with Crippen LogP contribution in [-0.2, 0) is 16.2 Å². The Morgan fingerprint density at radius 2 is 0.615 bits per heavy atom. The van der Waals surface area contributed by atoms with Crippen molar-refractivity contribution < 1.29 is 0 Å². The van der Waals surface area contributed by atoms with E-state index in [2.05, 4.69) is 304 Å². The zero-order chi connectivity index (χ0) is 51.7. The van der Waals surface area contributed by atoms with Gasteiger partial charge in [0.15, 0.2) is 0 Å². The molecule has 0 radical (unpaired) electrons. The molecule has 366 valence electrons. The lowest BCUT2D eigenvalue weighted by Gasteiger charge is -2.35. The largest absolute Gasteiger partial charge is 0.310 e. The van der Waals surface area contributed by atoms with E-state index in [1.165, 1.54) is 122 Å². The summed E-state index contributed by atoms with van der Waals surface area (Å²) in [5.74, 6) is 0. The molecule has 78 heavy (non-hydrogen) atoms. The highest BCUT2D eigenvalue weighted by Gasteiger charge is 2.53. The Kier molecular flexibility index (Phi) is 9.58. The van der Waals surface area contributed by atoms with Gasteiger partial charge in [0.2, 0.25) is 0 Å². The molecule has 4 aliphatic carbocycles. The molecule has 1 heteroatoms. The third kappa shape index (κ3) is 6.02. The average molecular weight is 992 g/mol. The van der Waals surface area contributed by atoms with Crippen molar-refractivity contribution in [3.05, 3.63) is 341 Å². The van der Waals surface area contributed by atoms with Crippen LogP contribution in [0.15, 0.2) is 285 Å². The molecular weight excluding hydrogens is 939 g/mol. The Labute approximate surface area is 457 Å². The SMILES string of the molecule is CC1(C)c2cc(-c3ccc(-c4ccccc4)cc3)ccc2-c2ccc(N(c3ccc4c(c3)C(c3ccccc3)(c3ccccc3)c3ccccc3-4)c3cccc4c3-c3ccccc3C43c4ccccc4-c4ccccc43)cc21. The molecule has 12 aromatic carbocycles. The van der Waals surface area contributed by atoms with E-state index in [0.29, 0.717) is 0 Å². The molecule has 12 aromatic rings. The van der Waals surface area contributed by atoms with Gasteiger partial charge in [-0.2, -0.15) is 0 Å². The van der Waals surface area contributed by atoms with E-state index >= 15 is 0 Å². The van der Waals surface area contributed by atoms with Crippen molar-refractivity contribution >= 4 is 17.1 Å². The Balaban J connectivity index is 0.928. The summed E-state index contributed by atoms with van der Waals surface area (Å²) in [5.41, 5.74) is 30.4. The van der Waals surface area contributed by atoms with E-state index in [4.69, 9.17) is 0 Å². The summed E-state index contributed by atoms with van der Waals surface area (Å²) in [6.07, 6.45) is 0. The fraction of sp³-hybridized carbons (Fsp3) is 0.0649. The van der Waals surface area contributed by atoms with E-state index in [1.54, 1.807) is 0 Å². The number of anilines is 3. The summed E-state index contributed by atoms with van der Waals surface area (Å²) < 4.78 is 0. The van der Waals surface area contributed by atoms with Gasteiger partial charge in [0, 0.05) is 22.4 Å². The van der Waals surface area contributed by atoms with Gasteiger partial charge in [0.25, 0.3) is 0 Å². The topological polar surface area (TPSA) is 3.24 Å². The summed E-state index contributed by atoms with van der Waals surface area (Å²) in [6, 6.07) is 108. The first-order chi connectivity index (χ1) is 38.5. The summed E-state index contributed by atoms with van der Waals surface area (Å²) in [4.78, 5) is 2.60. The molecule has 1 spiro atoms. The van der Waals surface area contributed by atoms with Crippen LogP contribution in [0.5, 0.6) is 0 Å². The molecule has 0 bridgehead atoms. The standard InChI is InChI=1S/C77H53N/c1-75(2)70-47-53(52-39-37-51(38-40-52)50-21-6-3-7-22-50)41-44-61(70)62-45-42-56(48-71(62)75)78(57-43-46-63-60-29-12-16-31-65(60)76(72(63)49-57,54-23-8-4-9-24-54)55-25-10-5-11-26-55)73-36-20-35-69-74(73)64-30-15-19-34-68(64)77(69)66-32-17-13-27-58(66)59-28-14-18-33-67(59)77/h3-49H,1-2H3. The van der Waals surface area contributed by atoms with Gasteiger partial charge in [-0.1, -0.05) is 263 Å². The van der Waals surface area contributed by atoms with Crippen LogP contribution in [0.25, 0.3) is 66.8 Å². The lowest BCUT2D eigenvalue weighted by Crippen LogP contribution is -2.28. The lowest BCUT2D eigenvalue weighted by atomic mass is 9.67. The minimum Gasteiger partial charge on any atom is -0.310 e. The van der Waals surface area contributed by atoms with Gasteiger partial charge >= 0.3 is 0 Å². The van der Waals surface area contributed by atoms with Crippen molar-refractivity contribution in [2.24, 2.45) is 0 Å². The van der Waals surface area contributed by atoms with Crippen molar-refractivity contribution in [3.63, 3.8) is 0 Å². The number of nitrogens with zero attached hydrogens (tertiary/aromatic N) is 1. The summed E-state index contributed by atoms with van der Waals surface area (Å²) in [5, 5.41) is 0. The molecule has 0 fully saturated rings. The molecule has 0 saturated heterocycles. The quantitative estimate of drug-likeness (QED) is 0.154. The van der Waals surface area contributed by atoms with Crippen LogP contribution < -0.4 is 4.90 Å². The Bertz CT molecular complexity index is 4310. The van der Waals surface area contributed by atoms with Crippen LogP contribution in [0.3, 0.4) is 0 Å². The maximum Gasteiger partial charge on any atom is 0.0726 e. The first-order valence-electron chi connectivity index (χ1n) is 27.5. The minimum atomic E-state index is -0.566. The molecule has 4 aliphatic rings. The van der Waals surface area contributed by atoms with Crippen molar-refractivity contribution in [2.75, 3.05) is 4.90 Å². The first-order valence-corrected chi connectivity index (χ1v) is 27.5. The van der Waals surface area contributed by atoms with Crippen LogP contribution in [0.4, 0.5) is 17.1 Å². The normalized spacial score (nSPS) is 14.6. The predicted molar refractivity (Wildman–Crippen MR) is 323 cm³/mol. The third-order valence-electron chi connectivity index (χ3n) is 18.2. The average Bonchev–Trinajstić information content (AvgIpc) is 2.89. The highest BCUT2D eigenvalue weighted by molar-refractivity contribution is 6.02. The molecule has 0 N–H and O–H groups in total. The van der Waals surface area contributed by atoms with Crippen LogP contribution in [-0.4, -0.2) is 0 Å². The van der Waals surface area contributed by atoms with E-state index in [0.717, 1.165) is 17.1 Å². The Morgan fingerprint density at radius 1 is 0.244 bits per heavy atom. The zero-order valence-electron chi connectivity index (χ0n) is 43.6. The number of rotatable bonds is 7. The predicted octanol–water partition coefficient (Wildman–Crippen LogP) is 19.5. The highest BCUT2D eigenvalue weighted by atomic mass is 15.1. The fourth-order valence-corrected chi connectivity index (χ4v) is 14.8. The molecule has 0 aliphatic heterocycles. The fourth-order valence-electron chi connectivity index (χ4n) is 14.8. The lowest BCUT2D eigenvalue weighted by molar-refractivity contribution is 0.660. The molecule has 0 aromatic heterocycles. The van der Waals surface area contributed by atoms with Crippen molar-refractivity contribution in [3.8, 4) is 66.8 Å². The van der Waals surface area contributed by atoms with Crippen LogP contribution >= 0.6 is 0 Å².